The fraction of sp³-hybridized carbons (Fsp3) is 0.250. The van der Waals surface area contributed by atoms with Crippen LogP contribution in [0.3, 0.4) is 0 Å². The molecule has 1 aromatic carbocycles. The van der Waals surface area contributed by atoms with Crippen molar-refractivity contribution >= 4 is 28.1 Å². The molecule has 112 valence electrons. The SMILES string of the molecule is CCCNc1nnc(C(=O)Nc2cc(F)cc(F)c2F)s1. The average Bonchev–Trinajstić information content (AvgIpc) is 2.90. The monoisotopic (exact) mass is 316 g/mol. The van der Waals surface area contributed by atoms with E-state index in [1.807, 2.05) is 6.92 Å². The summed E-state index contributed by atoms with van der Waals surface area (Å²) >= 11 is 0.959. The van der Waals surface area contributed by atoms with Crippen LogP contribution in [-0.4, -0.2) is 22.6 Å². The molecule has 0 bridgehead atoms. The van der Waals surface area contributed by atoms with E-state index in [9.17, 15) is 18.0 Å². The van der Waals surface area contributed by atoms with Crippen LogP contribution in [0.4, 0.5) is 24.0 Å². The number of nitrogens with zero attached hydrogens (tertiary/aromatic N) is 2. The molecule has 0 fully saturated rings. The number of nitrogens with one attached hydrogen (secondary N) is 2. The predicted molar refractivity (Wildman–Crippen MR) is 73.0 cm³/mol. The maximum Gasteiger partial charge on any atom is 0.286 e. The van der Waals surface area contributed by atoms with E-state index in [0.29, 0.717) is 23.8 Å². The summed E-state index contributed by atoms with van der Waals surface area (Å²) < 4.78 is 39.5. The van der Waals surface area contributed by atoms with Crippen LogP contribution in [0.25, 0.3) is 0 Å². The molecule has 21 heavy (non-hydrogen) atoms. The summed E-state index contributed by atoms with van der Waals surface area (Å²) in [5.74, 6) is -4.50. The second-order valence-electron chi connectivity index (χ2n) is 4.04. The molecule has 5 nitrogen and oxygen atoms in total. The molecule has 0 radical (unpaired) electrons. The van der Waals surface area contributed by atoms with Crippen molar-refractivity contribution in [2.75, 3.05) is 17.2 Å². The van der Waals surface area contributed by atoms with Gasteiger partial charge in [0, 0.05) is 18.7 Å². The van der Waals surface area contributed by atoms with Gasteiger partial charge < -0.3 is 10.6 Å². The van der Waals surface area contributed by atoms with E-state index in [1.165, 1.54) is 0 Å². The molecule has 0 spiro atoms. The minimum Gasteiger partial charge on any atom is -0.360 e. The van der Waals surface area contributed by atoms with Crippen LogP contribution < -0.4 is 10.6 Å². The maximum absolute atomic E-state index is 13.4. The third kappa shape index (κ3) is 3.69. The Morgan fingerprint density at radius 1 is 1.29 bits per heavy atom. The number of carbonyl (C=O) groups excluding carboxylic acids is 1. The summed E-state index contributed by atoms with van der Waals surface area (Å²) in [6.45, 7) is 2.63. The molecule has 0 aliphatic rings. The first-order chi connectivity index (χ1) is 10.0. The van der Waals surface area contributed by atoms with Crippen molar-refractivity contribution in [3.05, 3.63) is 34.6 Å². The summed E-state index contributed by atoms with van der Waals surface area (Å²) in [7, 11) is 0. The van der Waals surface area contributed by atoms with E-state index in [0.717, 1.165) is 17.8 Å². The standard InChI is InChI=1S/C12H11F3N4OS/c1-2-3-16-12-19-18-11(21-12)10(20)17-8-5-6(13)4-7(14)9(8)15/h4-5H,2-3H2,1H3,(H,16,19)(H,17,20). The maximum atomic E-state index is 13.4. The Labute approximate surface area is 122 Å². The quantitative estimate of drug-likeness (QED) is 0.832. The largest absolute Gasteiger partial charge is 0.360 e. The minimum atomic E-state index is -1.38. The first-order valence-electron chi connectivity index (χ1n) is 6.04. The van der Waals surface area contributed by atoms with Gasteiger partial charge in [-0.1, -0.05) is 18.3 Å². The summed E-state index contributed by atoms with van der Waals surface area (Å²) in [4.78, 5) is 11.8. The van der Waals surface area contributed by atoms with Gasteiger partial charge in [0.2, 0.25) is 10.1 Å². The highest BCUT2D eigenvalue weighted by Crippen LogP contribution is 2.21. The lowest BCUT2D eigenvalue weighted by molar-refractivity contribution is 0.102. The lowest BCUT2D eigenvalue weighted by Crippen LogP contribution is -2.13. The lowest BCUT2D eigenvalue weighted by Gasteiger charge is -2.05. The van der Waals surface area contributed by atoms with E-state index in [2.05, 4.69) is 20.8 Å². The zero-order valence-electron chi connectivity index (χ0n) is 10.9. The Bertz CT molecular complexity index is 662. The van der Waals surface area contributed by atoms with Crippen LogP contribution in [0.15, 0.2) is 12.1 Å². The van der Waals surface area contributed by atoms with Crippen LogP contribution in [0.5, 0.6) is 0 Å². The number of halogens is 3. The number of carbonyl (C=O) groups is 1. The van der Waals surface area contributed by atoms with Gasteiger partial charge in [0.15, 0.2) is 11.6 Å². The molecule has 1 amide bonds. The molecule has 1 heterocycles. The van der Waals surface area contributed by atoms with Gasteiger partial charge in [-0.3, -0.25) is 4.79 Å². The number of anilines is 2. The molecule has 0 saturated carbocycles. The van der Waals surface area contributed by atoms with Crippen molar-refractivity contribution in [3.63, 3.8) is 0 Å². The highest BCUT2D eigenvalue weighted by molar-refractivity contribution is 7.17. The Morgan fingerprint density at radius 2 is 2.05 bits per heavy atom. The van der Waals surface area contributed by atoms with Gasteiger partial charge >= 0.3 is 0 Å². The molecular formula is C12H11F3N4OS. The fourth-order valence-electron chi connectivity index (χ4n) is 1.44. The van der Waals surface area contributed by atoms with Crippen LogP contribution in [-0.2, 0) is 0 Å². The molecule has 2 aromatic rings. The number of benzene rings is 1. The molecular weight excluding hydrogens is 305 g/mol. The van der Waals surface area contributed by atoms with Crippen molar-refractivity contribution < 1.29 is 18.0 Å². The van der Waals surface area contributed by atoms with Crippen LogP contribution in [0.2, 0.25) is 0 Å². The Balaban J connectivity index is 2.13. The number of rotatable bonds is 5. The molecule has 0 aliphatic heterocycles. The minimum absolute atomic E-state index is 0.0438. The van der Waals surface area contributed by atoms with Crippen molar-refractivity contribution in [2.24, 2.45) is 0 Å². The normalized spacial score (nSPS) is 10.5. The van der Waals surface area contributed by atoms with Gasteiger partial charge in [-0.15, -0.1) is 10.2 Å². The Kier molecular flexibility index (Phi) is 4.73. The molecule has 1 aromatic heterocycles. The van der Waals surface area contributed by atoms with Crippen LogP contribution in [0, 0.1) is 17.5 Å². The first-order valence-corrected chi connectivity index (χ1v) is 6.86. The van der Waals surface area contributed by atoms with Gasteiger partial charge in [0.1, 0.15) is 5.82 Å². The second kappa shape index (κ2) is 6.53. The van der Waals surface area contributed by atoms with Crippen molar-refractivity contribution in [1.29, 1.82) is 0 Å². The smallest absolute Gasteiger partial charge is 0.286 e. The van der Waals surface area contributed by atoms with Gasteiger partial charge in [-0.05, 0) is 6.42 Å². The zero-order chi connectivity index (χ0) is 15.4. The van der Waals surface area contributed by atoms with E-state index < -0.39 is 29.0 Å². The molecule has 2 rings (SSSR count). The van der Waals surface area contributed by atoms with Gasteiger partial charge in [-0.25, -0.2) is 13.2 Å². The van der Waals surface area contributed by atoms with E-state index >= 15 is 0 Å². The molecule has 0 atom stereocenters. The van der Waals surface area contributed by atoms with Crippen molar-refractivity contribution in [3.8, 4) is 0 Å². The first kappa shape index (κ1) is 15.2. The third-order valence-electron chi connectivity index (χ3n) is 2.39. The lowest BCUT2D eigenvalue weighted by atomic mass is 10.3. The van der Waals surface area contributed by atoms with E-state index in [4.69, 9.17) is 0 Å². The summed E-state index contributed by atoms with van der Waals surface area (Å²) in [6, 6.07) is 1.08. The highest BCUT2D eigenvalue weighted by atomic mass is 32.1. The predicted octanol–water partition coefficient (Wildman–Crippen LogP) is 3.03. The second-order valence-corrected chi connectivity index (χ2v) is 5.02. The number of aromatic nitrogens is 2. The van der Waals surface area contributed by atoms with Crippen molar-refractivity contribution in [1.82, 2.24) is 10.2 Å². The summed E-state index contributed by atoms with van der Waals surface area (Å²) in [5, 5.41) is 12.7. The van der Waals surface area contributed by atoms with Gasteiger partial charge in [0.05, 0.1) is 5.69 Å². The Hall–Kier alpha value is -2.16. The number of amides is 1. The zero-order valence-corrected chi connectivity index (χ0v) is 11.7. The Morgan fingerprint density at radius 3 is 2.76 bits per heavy atom. The molecule has 0 unspecified atom stereocenters. The number of hydrogen-bond acceptors (Lipinski definition) is 5. The molecule has 0 saturated heterocycles. The van der Waals surface area contributed by atoms with Gasteiger partial charge in [-0.2, -0.15) is 0 Å². The summed E-state index contributed by atoms with van der Waals surface area (Å²) in [6.07, 6.45) is 0.870. The molecule has 0 aliphatic carbocycles. The number of hydrogen-bond donors (Lipinski definition) is 2. The molecule has 2 N–H and O–H groups in total. The van der Waals surface area contributed by atoms with Crippen LogP contribution >= 0.6 is 11.3 Å². The van der Waals surface area contributed by atoms with Crippen molar-refractivity contribution in [2.45, 2.75) is 13.3 Å². The third-order valence-corrected chi connectivity index (χ3v) is 3.27. The van der Waals surface area contributed by atoms with Crippen LogP contribution in [0.1, 0.15) is 23.1 Å². The van der Waals surface area contributed by atoms with E-state index in [1.54, 1.807) is 0 Å². The average molecular weight is 316 g/mol. The topological polar surface area (TPSA) is 66.9 Å². The van der Waals surface area contributed by atoms with Gasteiger partial charge in [0.25, 0.3) is 5.91 Å². The summed E-state index contributed by atoms with van der Waals surface area (Å²) in [5.41, 5.74) is -0.587. The highest BCUT2D eigenvalue weighted by Gasteiger charge is 2.17. The molecule has 9 heteroatoms. The fourth-order valence-corrected chi connectivity index (χ4v) is 2.11. The van der Waals surface area contributed by atoms with E-state index in [-0.39, 0.29) is 5.01 Å².